The quantitative estimate of drug-likeness (QED) is 0.0405. The lowest BCUT2D eigenvalue weighted by Gasteiger charge is -2.46. The lowest BCUT2D eigenvalue weighted by molar-refractivity contribution is -0.384. The Kier molecular flexibility index (Phi) is 13.4. The van der Waals surface area contributed by atoms with E-state index < -0.39 is 20.9 Å². The molecule has 316 valence electrons. The Morgan fingerprint density at radius 3 is 2.54 bits per heavy atom. The zero-order valence-electron chi connectivity index (χ0n) is 33.7. The second kappa shape index (κ2) is 19.3. The van der Waals surface area contributed by atoms with E-state index in [0.29, 0.717) is 22.9 Å². The fraction of sp³-hybridized carbons (Fsp3) is 0.298. The molecule has 3 N–H and O–H groups in total. The number of thioether (sulfide) groups is 1. The Bertz CT molecular complexity index is 2510. The third kappa shape index (κ3) is 10.5. The molecule has 1 unspecified atom stereocenters. The molecule has 8 rings (SSSR count). The van der Waals surface area contributed by atoms with Gasteiger partial charge in [-0.05, 0) is 109 Å². The van der Waals surface area contributed by atoms with Gasteiger partial charge in [-0.15, -0.1) is 11.8 Å². The van der Waals surface area contributed by atoms with Crippen LogP contribution in [-0.2, 0) is 23.0 Å². The molecule has 0 aromatic heterocycles. The van der Waals surface area contributed by atoms with Crippen molar-refractivity contribution in [2.45, 2.75) is 66.6 Å². The van der Waals surface area contributed by atoms with Crippen LogP contribution in [-0.4, -0.2) is 74.2 Å². The van der Waals surface area contributed by atoms with Gasteiger partial charge in [0.25, 0.3) is 21.6 Å². The summed E-state index contributed by atoms with van der Waals surface area (Å²) >= 11 is 7.82. The number of benzene rings is 5. The largest absolute Gasteiger partial charge is 0.376 e. The SMILES string of the molecule is O=C(NS(=O)(=O)c1ccc(N[C@H](CCC2CC=CCN2)CSc2ccccc2)c([N+](=O)[O-])c1)c1ccc2c(c1)CC[C@@H]1CN(Cc3ccccc3-c3ccc(Cl)cc3)CCN21. The van der Waals surface area contributed by atoms with Gasteiger partial charge < -0.3 is 15.5 Å². The van der Waals surface area contributed by atoms with Crippen molar-refractivity contribution in [1.29, 1.82) is 0 Å². The summed E-state index contributed by atoms with van der Waals surface area (Å²) in [5.74, 6) is -0.138. The highest BCUT2D eigenvalue weighted by Gasteiger charge is 2.33. The van der Waals surface area contributed by atoms with Crippen molar-refractivity contribution in [3.63, 3.8) is 0 Å². The Labute approximate surface area is 366 Å². The molecule has 0 bridgehead atoms. The van der Waals surface area contributed by atoms with Gasteiger partial charge in [0.2, 0.25) is 0 Å². The molecule has 0 saturated carbocycles. The molecule has 1 amide bonds. The van der Waals surface area contributed by atoms with Gasteiger partial charge in [0.1, 0.15) is 5.69 Å². The number of hydrogen-bond acceptors (Lipinski definition) is 10. The number of sulfonamides is 1. The highest BCUT2D eigenvalue weighted by Crippen LogP contribution is 2.35. The Hall–Kier alpha value is -5.18. The molecule has 1 saturated heterocycles. The number of amides is 1. The van der Waals surface area contributed by atoms with Crippen LogP contribution < -0.4 is 20.3 Å². The van der Waals surface area contributed by atoms with Crippen molar-refractivity contribution in [2.24, 2.45) is 0 Å². The van der Waals surface area contributed by atoms with Gasteiger partial charge in [-0.3, -0.25) is 19.8 Å². The number of nitrogens with zero attached hydrogens (tertiary/aromatic N) is 3. The molecule has 61 heavy (non-hydrogen) atoms. The standard InChI is InChI=1S/C47H49ClN6O5S2/c48-37-17-13-33(14-18-37)43-12-5-4-8-36(43)30-52-26-27-53-40(31-52)21-15-34-28-35(16-24-45(34)53)47(55)51-61(58,59)42-22-23-44(46(29-42)54(56)57)50-39(20-19-38-9-6-7-25-49-38)32-60-41-10-2-1-3-11-41/h1-8,10-14,16-18,22-24,28-29,38-40,49-50H,9,15,19-21,25-27,30-32H2,(H,51,55)/t38?,39-,40-/m1/s1. The zero-order chi connectivity index (χ0) is 42.3. The average Bonchev–Trinajstić information content (AvgIpc) is 3.28. The Balaban J connectivity index is 0.915. The molecule has 5 aromatic rings. The molecule has 0 radical (unpaired) electrons. The normalized spacial score (nSPS) is 18.1. The van der Waals surface area contributed by atoms with Crippen LogP contribution in [0.15, 0.2) is 137 Å². The summed E-state index contributed by atoms with van der Waals surface area (Å²) in [5, 5.41) is 19.9. The molecule has 3 heterocycles. The van der Waals surface area contributed by atoms with Crippen LogP contribution in [0.1, 0.15) is 47.2 Å². The number of carbonyl (C=O) groups excluding carboxylic acids is 1. The first kappa shape index (κ1) is 42.5. The number of anilines is 2. The molecule has 1 fully saturated rings. The summed E-state index contributed by atoms with van der Waals surface area (Å²) in [6.07, 6.45) is 8.45. The summed E-state index contributed by atoms with van der Waals surface area (Å²) in [4.78, 5) is 30.9. The number of halogens is 1. The minimum absolute atomic E-state index is 0.134. The van der Waals surface area contributed by atoms with Crippen LogP contribution in [0.3, 0.4) is 0 Å². The van der Waals surface area contributed by atoms with Crippen LogP contribution in [0, 0.1) is 10.1 Å². The van der Waals surface area contributed by atoms with Crippen LogP contribution in [0.2, 0.25) is 5.02 Å². The monoisotopic (exact) mass is 876 g/mol. The summed E-state index contributed by atoms with van der Waals surface area (Å²) < 4.78 is 29.4. The van der Waals surface area contributed by atoms with Crippen molar-refractivity contribution < 1.29 is 18.1 Å². The molecule has 3 atom stereocenters. The summed E-state index contributed by atoms with van der Waals surface area (Å²) in [6, 6.07) is 36.0. The van der Waals surface area contributed by atoms with Gasteiger partial charge in [0, 0.05) is 83.8 Å². The molecule has 3 aliphatic rings. The van der Waals surface area contributed by atoms with Gasteiger partial charge >= 0.3 is 0 Å². The second-order valence-electron chi connectivity index (χ2n) is 15.9. The Morgan fingerprint density at radius 2 is 1.75 bits per heavy atom. The van der Waals surface area contributed by atoms with Crippen LogP contribution in [0.25, 0.3) is 11.1 Å². The summed E-state index contributed by atoms with van der Waals surface area (Å²) in [6.45, 7) is 4.24. The third-order valence-corrected chi connectivity index (χ3v) is 14.5. The molecule has 3 aliphatic heterocycles. The van der Waals surface area contributed by atoms with Crippen molar-refractivity contribution in [3.8, 4) is 11.1 Å². The zero-order valence-corrected chi connectivity index (χ0v) is 36.1. The smallest absolute Gasteiger partial charge is 0.293 e. The van der Waals surface area contributed by atoms with E-state index in [9.17, 15) is 23.3 Å². The highest BCUT2D eigenvalue weighted by molar-refractivity contribution is 7.99. The topological polar surface area (TPSA) is 137 Å². The van der Waals surface area contributed by atoms with Crippen LogP contribution >= 0.6 is 23.4 Å². The maximum atomic E-state index is 13.6. The number of hydrogen-bond donors (Lipinski definition) is 3. The van der Waals surface area contributed by atoms with E-state index in [1.807, 2.05) is 48.5 Å². The number of nitro groups is 1. The molecule has 14 heteroatoms. The predicted molar refractivity (Wildman–Crippen MR) is 245 cm³/mol. The first-order valence-electron chi connectivity index (χ1n) is 20.7. The number of carbonyl (C=O) groups is 1. The van der Waals surface area contributed by atoms with Gasteiger partial charge in [0.05, 0.1) is 9.82 Å². The number of rotatable bonds is 15. The fourth-order valence-electron chi connectivity index (χ4n) is 8.57. The minimum atomic E-state index is -4.45. The minimum Gasteiger partial charge on any atom is -0.376 e. The number of nitrogens with one attached hydrogen (secondary N) is 3. The van der Waals surface area contributed by atoms with E-state index in [1.54, 1.807) is 23.9 Å². The van der Waals surface area contributed by atoms with E-state index >= 15 is 0 Å². The maximum absolute atomic E-state index is 13.6. The maximum Gasteiger partial charge on any atom is 0.293 e. The van der Waals surface area contributed by atoms with E-state index in [-0.39, 0.29) is 27.9 Å². The van der Waals surface area contributed by atoms with E-state index in [2.05, 4.69) is 73.7 Å². The van der Waals surface area contributed by atoms with Gasteiger partial charge in [0.15, 0.2) is 0 Å². The molecule has 0 spiro atoms. The second-order valence-corrected chi connectivity index (χ2v) is 19.1. The summed E-state index contributed by atoms with van der Waals surface area (Å²) in [5.41, 5.74) is 5.71. The van der Waals surface area contributed by atoms with Gasteiger partial charge in [-0.2, -0.15) is 0 Å². The van der Waals surface area contributed by atoms with Crippen LogP contribution in [0.4, 0.5) is 17.1 Å². The van der Waals surface area contributed by atoms with Gasteiger partial charge in [-0.25, -0.2) is 13.1 Å². The van der Waals surface area contributed by atoms with Crippen LogP contribution in [0.5, 0.6) is 0 Å². The molecule has 11 nitrogen and oxygen atoms in total. The highest BCUT2D eigenvalue weighted by atomic mass is 35.5. The first-order valence-corrected chi connectivity index (χ1v) is 23.6. The lowest BCUT2D eigenvalue weighted by atomic mass is 9.92. The van der Waals surface area contributed by atoms with Crippen molar-refractivity contribution in [1.82, 2.24) is 14.9 Å². The molecular weight excluding hydrogens is 828 g/mol. The summed E-state index contributed by atoms with van der Waals surface area (Å²) in [7, 11) is -4.45. The molecular formula is C47H49ClN6O5S2. The van der Waals surface area contributed by atoms with Crippen molar-refractivity contribution in [2.75, 3.05) is 42.1 Å². The van der Waals surface area contributed by atoms with E-state index in [0.717, 1.165) is 92.6 Å². The predicted octanol–water partition coefficient (Wildman–Crippen LogP) is 8.94. The lowest BCUT2D eigenvalue weighted by Crippen LogP contribution is -2.54. The van der Waals surface area contributed by atoms with E-state index in [4.69, 9.17) is 11.6 Å². The van der Waals surface area contributed by atoms with Gasteiger partial charge in [-0.1, -0.05) is 78.4 Å². The average molecular weight is 878 g/mol. The third-order valence-electron chi connectivity index (χ3n) is 11.8. The van der Waals surface area contributed by atoms with E-state index in [1.165, 1.54) is 23.3 Å². The van der Waals surface area contributed by atoms with Crippen molar-refractivity contribution >= 4 is 56.4 Å². The number of nitro benzene ring substituents is 1. The Morgan fingerprint density at radius 1 is 0.951 bits per heavy atom. The molecule has 0 aliphatic carbocycles. The fourth-order valence-corrected chi connectivity index (χ4v) is 10.7. The van der Waals surface area contributed by atoms with Crippen molar-refractivity contribution in [3.05, 3.63) is 159 Å². The molecule has 5 aromatic carbocycles. The number of aryl methyl sites for hydroxylation is 1. The number of piperazine rings is 1. The number of fused-ring (bicyclic) bond motifs is 3. The first-order chi connectivity index (χ1) is 29.6.